The number of aliphatic carboxylic acids is 1. The molecule has 2 aromatic rings. The first-order chi connectivity index (χ1) is 17.9. The zero-order valence-electron chi connectivity index (χ0n) is 22.1. The van der Waals surface area contributed by atoms with Gasteiger partial charge in [0.2, 0.25) is 17.7 Å². The van der Waals surface area contributed by atoms with Gasteiger partial charge in [0.05, 0.1) is 12.4 Å². The van der Waals surface area contributed by atoms with Crippen molar-refractivity contribution in [1.29, 1.82) is 0 Å². The number of hydrogen-bond donors (Lipinski definition) is 7. The number of carbonyl (C=O) groups is 4. The summed E-state index contributed by atoms with van der Waals surface area (Å²) >= 11 is 0. The second kappa shape index (κ2) is 14.1. The van der Waals surface area contributed by atoms with E-state index in [0.29, 0.717) is 11.3 Å². The minimum Gasteiger partial charge on any atom is -0.508 e. The van der Waals surface area contributed by atoms with E-state index >= 15 is 0 Å². The summed E-state index contributed by atoms with van der Waals surface area (Å²) in [5.74, 6) is -3.20. The second-order valence-electron chi connectivity index (χ2n) is 10.1. The summed E-state index contributed by atoms with van der Waals surface area (Å²) in [4.78, 5) is 57.9. The summed E-state index contributed by atoms with van der Waals surface area (Å²) in [7, 11) is 0. The van der Waals surface area contributed by atoms with Gasteiger partial charge in [-0.05, 0) is 36.0 Å². The van der Waals surface area contributed by atoms with Gasteiger partial charge < -0.3 is 36.9 Å². The number of aromatic hydroxyl groups is 1. The van der Waals surface area contributed by atoms with Crippen LogP contribution in [-0.4, -0.2) is 68.0 Å². The Hall–Kier alpha value is -3.93. The van der Waals surface area contributed by atoms with E-state index in [1.165, 1.54) is 24.7 Å². The summed E-state index contributed by atoms with van der Waals surface area (Å²) in [5.41, 5.74) is 7.16. The van der Waals surface area contributed by atoms with Crippen LogP contribution >= 0.6 is 0 Å². The van der Waals surface area contributed by atoms with E-state index in [0.717, 1.165) is 0 Å². The number of phenolic OH excluding ortho intramolecular Hbond substituents is 1. The molecule has 2 rings (SSSR count). The molecule has 3 amide bonds. The molecule has 0 saturated heterocycles. The average Bonchev–Trinajstić information content (AvgIpc) is 3.36. The normalized spacial score (nSPS) is 14.4. The fourth-order valence-electron chi connectivity index (χ4n) is 3.71. The molecule has 12 nitrogen and oxygen atoms in total. The molecule has 208 valence electrons. The number of imidazole rings is 1. The summed E-state index contributed by atoms with van der Waals surface area (Å²) in [6.07, 6.45) is 3.22. The highest BCUT2D eigenvalue weighted by atomic mass is 16.4. The number of nitrogens with one attached hydrogen (secondary N) is 4. The summed E-state index contributed by atoms with van der Waals surface area (Å²) in [6, 6.07) is 1.82. The lowest BCUT2D eigenvalue weighted by Gasteiger charge is -2.26. The first-order valence-electron chi connectivity index (χ1n) is 12.5. The van der Waals surface area contributed by atoms with Crippen LogP contribution in [0.3, 0.4) is 0 Å². The van der Waals surface area contributed by atoms with Crippen LogP contribution in [0.1, 0.15) is 45.4 Å². The number of nitrogens with zero attached hydrogens (tertiary/aromatic N) is 1. The van der Waals surface area contributed by atoms with Gasteiger partial charge in [0.1, 0.15) is 23.9 Å². The monoisotopic (exact) mass is 530 g/mol. The van der Waals surface area contributed by atoms with E-state index < -0.39 is 47.9 Å². The summed E-state index contributed by atoms with van der Waals surface area (Å²) < 4.78 is 0. The smallest absolute Gasteiger partial charge is 0.326 e. The van der Waals surface area contributed by atoms with Crippen molar-refractivity contribution in [2.45, 2.75) is 71.1 Å². The Bertz CT molecular complexity index is 1070. The molecule has 38 heavy (non-hydrogen) atoms. The Morgan fingerprint density at radius 1 is 0.895 bits per heavy atom. The van der Waals surface area contributed by atoms with Gasteiger partial charge in [-0.25, -0.2) is 9.78 Å². The van der Waals surface area contributed by atoms with Crippen LogP contribution < -0.4 is 21.7 Å². The van der Waals surface area contributed by atoms with Gasteiger partial charge >= 0.3 is 5.97 Å². The fraction of sp³-hybridized carbons (Fsp3) is 0.500. The number of carboxylic acid groups (broad SMARTS) is 1. The van der Waals surface area contributed by atoms with E-state index in [-0.39, 0.29) is 36.8 Å². The quantitative estimate of drug-likeness (QED) is 0.183. The van der Waals surface area contributed by atoms with Gasteiger partial charge in [-0.15, -0.1) is 0 Å². The minimum absolute atomic E-state index is 0.000652. The van der Waals surface area contributed by atoms with Crippen molar-refractivity contribution >= 4 is 23.7 Å². The number of carboxylic acids is 1. The zero-order valence-corrected chi connectivity index (χ0v) is 22.1. The molecule has 1 aromatic carbocycles. The lowest BCUT2D eigenvalue weighted by molar-refractivity contribution is -0.142. The fourth-order valence-corrected chi connectivity index (χ4v) is 3.71. The molecule has 0 aliphatic carbocycles. The molecule has 0 fully saturated rings. The maximum absolute atomic E-state index is 13.4. The van der Waals surface area contributed by atoms with E-state index in [9.17, 15) is 29.4 Å². The van der Waals surface area contributed by atoms with Gasteiger partial charge in [0, 0.05) is 24.7 Å². The van der Waals surface area contributed by atoms with Gasteiger partial charge in [0.15, 0.2) is 0 Å². The molecule has 0 saturated carbocycles. The molecule has 0 bridgehead atoms. The number of amides is 3. The molecule has 4 atom stereocenters. The highest BCUT2D eigenvalue weighted by Crippen LogP contribution is 2.13. The average molecular weight is 531 g/mol. The number of H-pyrrole nitrogens is 1. The third-order valence-electron chi connectivity index (χ3n) is 5.96. The van der Waals surface area contributed by atoms with Crippen LogP contribution in [0.4, 0.5) is 0 Å². The second-order valence-corrected chi connectivity index (χ2v) is 10.1. The van der Waals surface area contributed by atoms with Crippen LogP contribution in [0.2, 0.25) is 0 Å². The number of benzene rings is 1. The van der Waals surface area contributed by atoms with E-state index in [2.05, 4.69) is 25.9 Å². The maximum Gasteiger partial charge on any atom is 0.326 e. The lowest BCUT2D eigenvalue weighted by Crippen LogP contribution is -2.58. The van der Waals surface area contributed by atoms with E-state index in [1.807, 2.05) is 13.8 Å². The van der Waals surface area contributed by atoms with Crippen molar-refractivity contribution < 1.29 is 29.4 Å². The van der Waals surface area contributed by atoms with Crippen LogP contribution in [0.15, 0.2) is 36.8 Å². The van der Waals surface area contributed by atoms with Crippen molar-refractivity contribution in [3.63, 3.8) is 0 Å². The Kier molecular flexibility index (Phi) is 11.3. The highest BCUT2D eigenvalue weighted by molar-refractivity contribution is 5.94. The van der Waals surface area contributed by atoms with E-state index in [1.54, 1.807) is 26.0 Å². The number of hydrogen-bond acceptors (Lipinski definition) is 7. The molecule has 0 radical (unpaired) electrons. The number of phenols is 1. The van der Waals surface area contributed by atoms with Crippen LogP contribution in [0, 0.1) is 11.8 Å². The molecule has 0 aliphatic rings. The number of aromatic amines is 1. The predicted molar refractivity (Wildman–Crippen MR) is 140 cm³/mol. The molecule has 8 N–H and O–H groups in total. The molecular formula is C26H38N6O6. The maximum atomic E-state index is 13.4. The third-order valence-corrected chi connectivity index (χ3v) is 5.96. The standard InChI is InChI=1S/C26H38N6O6/c1-14(2)9-21(26(37)38)32-23(34)19(10-16-5-7-18(33)8-6-16)30-24(35)20(11-17-12-28-13-29-17)31-25(36)22(27)15(3)4/h5-8,12-15,19-22,33H,9-11,27H2,1-4H3,(H,28,29)(H,30,35)(H,31,36)(H,32,34)(H,37,38). The van der Waals surface area contributed by atoms with Crippen molar-refractivity contribution in [2.75, 3.05) is 0 Å². The van der Waals surface area contributed by atoms with Crippen LogP contribution in [0.5, 0.6) is 5.75 Å². The molecule has 0 spiro atoms. The van der Waals surface area contributed by atoms with E-state index in [4.69, 9.17) is 5.73 Å². The Labute approximate surface area is 221 Å². The molecular weight excluding hydrogens is 492 g/mol. The predicted octanol–water partition coefficient (Wildman–Crippen LogP) is 0.469. The first kappa shape index (κ1) is 30.3. The SMILES string of the molecule is CC(C)CC(NC(=O)C(Cc1ccc(O)cc1)NC(=O)C(Cc1cnc[nH]1)NC(=O)C(N)C(C)C)C(=O)O. The number of carbonyl (C=O) groups excluding carboxylic acids is 3. The topological polar surface area (TPSA) is 200 Å². The molecule has 1 aromatic heterocycles. The number of rotatable bonds is 14. The Morgan fingerprint density at radius 3 is 1.95 bits per heavy atom. The van der Waals surface area contributed by atoms with Crippen molar-refractivity contribution in [3.05, 3.63) is 48.0 Å². The lowest BCUT2D eigenvalue weighted by atomic mass is 10.0. The third kappa shape index (κ3) is 9.51. The highest BCUT2D eigenvalue weighted by Gasteiger charge is 2.31. The molecule has 1 heterocycles. The van der Waals surface area contributed by atoms with Crippen molar-refractivity contribution in [3.8, 4) is 5.75 Å². The molecule has 0 aliphatic heterocycles. The Balaban J connectivity index is 2.30. The number of aromatic nitrogens is 2. The van der Waals surface area contributed by atoms with Crippen molar-refractivity contribution in [1.82, 2.24) is 25.9 Å². The summed E-state index contributed by atoms with van der Waals surface area (Å²) in [5, 5.41) is 27.0. The van der Waals surface area contributed by atoms with Gasteiger partial charge in [-0.1, -0.05) is 39.8 Å². The first-order valence-corrected chi connectivity index (χ1v) is 12.5. The van der Waals surface area contributed by atoms with Gasteiger partial charge in [-0.3, -0.25) is 14.4 Å². The largest absolute Gasteiger partial charge is 0.508 e. The van der Waals surface area contributed by atoms with Crippen molar-refractivity contribution in [2.24, 2.45) is 17.6 Å². The number of nitrogens with two attached hydrogens (primary N) is 1. The van der Waals surface area contributed by atoms with Crippen LogP contribution in [-0.2, 0) is 32.0 Å². The minimum atomic E-state index is -1.19. The Morgan fingerprint density at radius 2 is 1.45 bits per heavy atom. The zero-order chi connectivity index (χ0) is 28.4. The van der Waals surface area contributed by atoms with Crippen LogP contribution in [0.25, 0.3) is 0 Å². The molecule has 12 heteroatoms. The van der Waals surface area contributed by atoms with Gasteiger partial charge in [0.25, 0.3) is 0 Å². The van der Waals surface area contributed by atoms with Gasteiger partial charge in [-0.2, -0.15) is 0 Å². The molecule has 4 unspecified atom stereocenters. The summed E-state index contributed by atoms with van der Waals surface area (Å²) in [6.45, 7) is 7.23.